The molecule has 47 heavy (non-hydrogen) atoms. The summed E-state index contributed by atoms with van der Waals surface area (Å²) in [5, 5.41) is 10.8. The molecule has 248 valence electrons. The first-order valence-electron chi connectivity index (χ1n) is 17.2. The Morgan fingerprint density at radius 3 is 2.32 bits per heavy atom. The summed E-state index contributed by atoms with van der Waals surface area (Å²) >= 11 is 0. The summed E-state index contributed by atoms with van der Waals surface area (Å²) < 4.78 is 12.7. The number of carbonyl (C=O) groups is 3. The number of anilines is 1. The van der Waals surface area contributed by atoms with Crippen molar-refractivity contribution in [2.45, 2.75) is 81.7 Å². The second kappa shape index (κ2) is 12.6. The van der Waals surface area contributed by atoms with Gasteiger partial charge in [-0.15, -0.1) is 0 Å². The molecule has 1 aliphatic carbocycles. The Bertz CT molecular complexity index is 1550. The molecule has 0 aromatic heterocycles. The normalized spacial score (nSPS) is 31.3. The van der Waals surface area contributed by atoms with Crippen LogP contribution in [0.5, 0.6) is 5.75 Å². The molecule has 1 N–H and O–H groups in total. The molecule has 3 fully saturated rings. The van der Waals surface area contributed by atoms with E-state index in [0.29, 0.717) is 37.6 Å². The molecule has 1 saturated carbocycles. The van der Waals surface area contributed by atoms with E-state index in [2.05, 4.69) is 0 Å². The Labute approximate surface area is 276 Å². The number of aliphatic hydroxyl groups excluding tert-OH is 1. The van der Waals surface area contributed by atoms with E-state index in [1.54, 1.807) is 9.80 Å². The van der Waals surface area contributed by atoms with E-state index in [1.165, 1.54) is 0 Å². The van der Waals surface area contributed by atoms with Crippen molar-refractivity contribution >= 4 is 23.4 Å². The van der Waals surface area contributed by atoms with Crippen LogP contribution in [0.15, 0.2) is 78.9 Å². The molecule has 9 nitrogen and oxygen atoms in total. The second-order valence-corrected chi connectivity index (χ2v) is 13.7. The van der Waals surface area contributed by atoms with Gasteiger partial charge in [0.15, 0.2) is 0 Å². The molecule has 4 aliphatic heterocycles. The Morgan fingerprint density at radius 2 is 1.62 bits per heavy atom. The van der Waals surface area contributed by atoms with Crippen LogP contribution in [0.25, 0.3) is 0 Å². The molecule has 2 aromatic rings. The molecule has 2 aromatic carbocycles. The van der Waals surface area contributed by atoms with Crippen LogP contribution < -0.4 is 9.64 Å². The van der Waals surface area contributed by atoms with Gasteiger partial charge in [-0.1, -0.05) is 73.9 Å². The third-order valence-corrected chi connectivity index (χ3v) is 10.9. The topological polar surface area (TPSA) is 99.6 Å². The Morgan fingerprint density at radius 1 is 0.894 bits per heavy atom. The number of fused-ring (bicyclic) bond motifs is 2. The van der Waals surface area contributed by atoms with Crippen LogP contribution in [0.4, 0.5) is 5.69 Å². The zero-order chi connectivity index (χ0) is 32.8. The van der Waals surface area contributed by atoms with E-state index in [4.69, 9.17) is 9.47 Å². The Hall–Kier alpha value is -3.95. The molecule has 7 rings (SSSR count). The van der Waals surface area contributed by atoms with Crippen molar-refractivity contribution < 1.29 is 29.0 Å². The number of carbonyl (C=O) groups excluding carboxylic acids is 3. The van der Waals surface area contributed by atoms with E-state index in [-0.39, 0.29) is 30.4 Å². The highest BCUT2D eigenvalue weighted by Gasteiger charge is 2.75. The maximum absolute atomic E-state index is 15.0. The van der Waals surface area contributed by atoms with Crippen LogP contribution >= 0.6 is 0 Å². The number of rotatable bonds is 8. The molecule has 0 radical (unpaired) electrons. The molecular formula is C38H45N3O6. The second-order valence-electron chi connectivity index (χ2n) is 13.7. The lowest BCUT2D eigenvalue weighted by molar-refractivity contribution is -0.156. The molecule has 0 bridgehead atoms. The van der Waals surface area contributed by atoms with Gasteiger partial charge in [0, 0.05) is 24.8 Å². The van der Waals surface area contributed by atoms with E-state index >= 15 is 4.79 Å². The molecule has 6 atom stereocenters. The molecule has 2 saturated heterocycles. The maximum Gasteiger partial charge on any atom is 0.249 e. The molecule has 1 unspecified atom stereocenters. The van der Waals surface area contributed by atoms with E-state index < -0.39 is 35.1 Å². The summed E-state index contributed by atoms with van der Waals surface area (Å²) in [6.07, 6.45) is 13.2. The average molecular weight is 640 g/mol. The number of aliphatic hydroxyl groups is 1. The zero-order valence-corrected chi connectivity index (χ0v) is 27.3. The van der Waals surface area contributed by atoms with E-state index in [9.17, 15) is 14.7 Å². The van der Waals surface area contributed by atoms with Gasteiger partial charge in [0.25, 0.3) is 0 Å². The third kappa shape index (κ3) is 5.28. The maximum atomic E-state index is 15.0. The van der Waals surface area contributed by atoms with Crippen molar-refractivity contribution in [1.29, 1.82) is 0 Å². The van der Waals surface area contributed by atoms with E-state index in [0.717, 1.165) is 37.7 Å². The molecule has 9 heteroatoms. The van der Waals surface area contributed by atoms with Crippen molar-refractivity contribution in [1.82, 2.24) is 9.80 Å². The SMILES string of the molecule is CCOc1ccc(N2CC=C[C@@]3(C)O[C@]45C=CCN(C6CCCCC6)C(=O)C4N([C@@H](CO)Cc4ccccc4)C(=O)[C@@H]5[C@H]3C2=O)cc1. The fourth-order valence-corrected chi connectivity index (χ4v) is 8.85. The number of amides is 3. The molecule has 5 aliphatic rings. The first-order chi connectivity index (χ1) is 22.8. The van der Waals surface area contributed by atoms with Gasteiger partial charge in [-0.05, 0) is 62.9 Å². The number of hydrogen-bond donors (Lipinski definition) is 1. The minimum Gasteiger partial charge on any atom is -0.494 e. The highest BCUT2D eigenvalue weighted by molar-refractivity contribution is 6.04. The van der Waals surface area contributed by atoms with Crippen LogP contribution in [0.2, 0.25) is 0 Å². The van der Waals surface area contributed by atoms with Crippen LogP contribution in [-0.2, 0) is 25.5 Å². The Balaban J connectivity index is 1.32. The smallest absolute Gasteiger partial charge is 0.249 e. The van der Waals surface area contributed by atoms with Crippen LogP contribution in [0, 0.1) is 11.8 Å². The summed E-state index contributed by atoms with van der Waals surface area (Å²) in [5.74, 6) is -1.83. The fourth-order valence-electron chi connectivity index (χ4n) is 8.85. The van der Waals surface area contributed by atoms with Gasteiger partial charge in [-0.2, -0.15) is 0 Å². The summed E-state index contributed by atoms with van der Waals surface area (Å²) in [6.45, 7) is 4.74. The van der Waals surface area contributed by atoms with Gasteiger partial charge >= 0.3 is 0 Å². The Kier molecular flexibility index (Phi) is 8.47. The lowest BCUT2D eigenvalue weighted by Crippen LogP contribution is -2.60. The molecule has 1 spiro atoms. The first kappa shape index (κ1) is 31.6. The summed E-state index contributed by atoms with van der Waals surface area (Å²) in [5.41, 5.74) is -0.851. The van der Waals surface area contributed by atoms with Crippen molar-refractivity contribution in [3.05, 3.63) is 84.5 Å². The lowest BCUT2D eigenvalue weighted by atomic mass is 9.74. The summed E-state index contributed by atoms with van der Waals surface area (Å²) in [7, 11) is 0. The van der Waals surface area contributed by atoms with Crippen LogP contribution in [0.3, 0.4) is 0 Å². The summed E-state index contributed by atoms with van der Waals surface area (Å²) in [4.78, 5) is 49.9. The van der Waals surface area contributed by atoms with Gasteiger partial charge < -0.3 is 29.3 Å². The number of benzene rings is 2. The molecule has 3 amide bonds. The van der Waals surface area contributed by atoms with Gasteiger partial charge in [0.1, 0.15) is 17.4 Å². The zero-order valence-electron chi connectivity index (χ0n) is 27.3. The van der Waals surface area contributed by atoms with E-state index in [1.807, 2.05) is 97.6 Å². The van der Waals surface area contributed by atoms with Gasteiger partial charge in [-0.3, -0.25) is 14.4 Å². The van der Waals surface area contributed by atoms with Crippen molar-refractivity contribution in [2.24, 2.45) is 11.8 Å². The van der Waals surface area contributed by atoms with Crippen molar-refractivity contribution in [2.75, 3.05) is 31.2 Å². The number of nitrogens with zero attached hydrogens (tertiary/aromatic N) is 3. The quantitative estimate of drug-likeness (QED) is 0.433. The highest BCUT2D eigenvalue weighted by Crippen LogP contribution is 2.58. The summed E-state index contributed by atoms with van der Waals surface area (Å²) in [6, 6.07) is 15.5. The number of likely N-dealkylation sites (tertiary alicyclic amines) is 1. The van der Waals surface area contributed by atoms with Crippen molar-refractivity contribution in [3.8, 4) is 5.75 Å². The number of hydrogen-bond acceptors (Lipinski definition) is 6. The predicted octanol–water partition coefficient (Wildman–Crippen LogP) is 4.29. The standard InChI is InChI=1S/C38H45N3O6/c1-3-46-30-18-16-28(17-19-30)39-22-10-20-37(2)31(34(39)43)32-35(44)41(29(25-42)24-26-12-6-4-7-13-26)33-36(45)40(27-14-8-5-9-15-27)23-11-21-38(32,33)47-37/h4,6-7,10-13,16-21,27,29,31-33,42H,3,5,8-9,14-15,22-25H2,1-2H3/t29-,31+,32+,33?,37-,38+/m1/s1. The van der Waals surface area contributed by atoms with Crippen LogP contribution in [-0.4, -0.2) is 88.3 Å². The minimum absolute atomic E-state index is 0.0768. The third-order valence-electron chi connectivity index (χ3n) is 10.9. The predicted molar refractivity (Wildman–Crippen MR) is 178 cm³/mol. The van der Waals surface area contributed by atoms with Gasteiger partial charge in [0.2, 0.25) is 17.7 Å². The number of ether oxygens (including phenoxy) is 2. The largest absolute Gasteiger partial charge is 0.494 e. The van der Waals surface area contributed by atoms with Crippen molar-refractivity contribution in [3.63, 3.8) is 0 Å². The average Bonchev–Trinajstić information content (AvgIpc) is 3.36. The highest BCUT2D eigenvalue weighted by atomic mass is 16.5. The molecule has 4 heterocycles. The van der Waals surface area contributed by atoms with Gasteiger partial charge in [-0.25, -0.2) is 0 Å². The monoisotopic (exact) mass is 639 g/mol. The minimum atomic E-state index is -1.37. The first-order valence-corrected chi connectivity index (χ1v) is 17.2. The lowest BCUT2D eigenvalue weighted by Gasteiger charge is -2.42. The fraction of sp³-hybridized carbons (Fsp3) is 0.500. The van der Waals surface area contributed by atoms with Crippen LogP contribution in [0.1, 0.15) is 51.5 Å². The van der Waals surface area contributed by atoms with Gasteiger partial charge in [0.05, 0.1) is 36.7 Å². The molecular weight excluding hydrogens is 594 g/mol.